The standard InChI is InChI=1S/C15H30O4.C8H18O2/c1-2-3-4-5-6-7-8-9-10-11-15(18)19-13-14(17)12-16;1-2-3-4-5-6-8(10)7-9/h14,16-17H,2-13H2,1H3;8-10H,2-7H2,1H3. The molecule has 176 valence electrons. The highest BCUT2D eigenvalue weighted by Crippen LogP contribution is 2.10. The van der Waals surface area contributed by atoms with Crippen molar-refractivity contribution in [2.75, 3.05) is 19.8 Å². The van der Waals surface area contributed by atoms with Gasteiger partial charge in [-0.05, 0) is 12.8 Å². The molecule has 0 bridgehead atoms. The predicted octanol–water partition coefficient (Wildman–Crippen LogP) is 4.11. The van der Waals surface area contributed by atoms with E-state index in [-0.39, 0.29) is 25.8 Å². The van der Waals surface area contributed by atoms with E-state index in [2.05, 4.69) is 13.8 Å². The zero-order valence-electron chi connectivity index (χ0n) is 19.0. The first-order valence-electron chi connectivity index (χ1n) is 11.7. The Bertz CT molecular complexity index is 324. The van der Waals surface area contributed by atoms with Gasteiger partial charge in [-0.2, -0.15) is 0 Å². The van der Waals surface area contributed by atoms with Crippen molar-refractivity contribution >= 4 is 5.97 Å². The SMILES string of the molecule is CCCCCCC(O)CO.CCCCCCCCCCCC(=O)OCC(O)CO. The van der Waals surface area contributed by atoms with Crippen molar-refractivity contribution in [2.24, 2.45) is 0 Å². The van der Waals surface area contributed by atoms with Crippen molar-refractivity contribution in [1.29, 1.82) is 0 Å². The molecular weight excluding hydrogens is 372 g/mol. The van der Waals surface area contributed by atoms with Crippen LogP contribution in [0.3, 0.4) is 0 Å². The molecule has 0 heterocycles. The third kappa shape index (κ3) is 27.3. The minimum Gasteiger partial charge on any atom is -0.463 e. The molecule has 0 aliphatic carbocycles. The second-order valence-corrected chi connectivity index (χ2v) is 7.78. The summed E-state index contributed by atoms with van der Waals surface area (Å²) in [4.78, 5) is 11.3. The lowest BCUT2D eigenvalue weighted by atomic mass is 10.1. The van der Waals surface area contributed by atoms with E-state index in [1.165, 1.54) is 64.2 Å². The molecule has 0 aliphatic rings. The molecule has 4 N–H and O–H groups in total. The molecule has 0 fully saturated rings. The smallest absolute Gasteiger partial charge is 0.305 e. The van der Waals surface area contributed by atoms with Gasteiger partial charge in [0.25, 0.3) is 0 Å². The van der Waals surface area contributed by atoms with E-state index in [1.54, 1.807) is 0 Å². The summed E-state index contributed by atoms with van der Waals surface area (Å²) in [7, 11) is 0. The molecule has 0 saturated heterocycles. The van der Waals surface area contributed by atoms with Crippen LogP contribution in [0.25, 0.3) is 0 Å². The molecule has 0 aromatic rings. The van der Waals surface area contributed by atoms with Crippen LogP contribution >= 0.6 is 0 Å². The van der Waals surface area contributed by atoms with Gasteiger partial charge in [0.2, 0.25) is 0 Å². The van der Waals surface area contributed by atoms with Gasteiger partial charge in [-0.25, -0.2) is 0 Å². The molecular formula is C23H48O6. The number of carbonyl (C=O) groups is 1. The van der Waals surface area contributed by atoms with Crippen molar-refractivity contribution in [3.63, 3.8) is 0 Å². The first-order valence-corrected chi connectivity index (χ1v) is 11.7. The monoisotopic (exact) mass is 420 g/mol. The summed E-state index contributed by atoms with van der Waals surface area (Å²) in [5.74, 6) is -0.282. The number of esters is 1. The summed E-state index contributed by atoms with van der Waals surface area (Å²) in [6.07, 6.45) is 15.3. The summed E-state index contributed by atoms with van der Waals surface area (Å²) in [5.41, 5.74) is 0. The Kier molecular flexibility index (Phi) is 26.7. The minimum absolute atomic E-state index is 0.0911. The van der Waals surface area contributed by atoms with Crippen LogP contribution in [-0.4, -0.2) is 58.4 Å². The van der Waals surface area contributed by atoms with Crippen LogP contribution < -0.4 is 0 Å². The van der Waals surface area contributed by atoms with Gasteiger partial charge in [-0.15, -0.1) is 0 Å². The van der Waals surface area contributed by atoms with Crippen LogP contribution in [0.2, 0.25) is 0 Å². The highest BCUT2D eigenvalue weighted by atomic mass is 16.5. The quantitative estimate of drug-likeness (QED) is 0.185. The summed E-state index contributed by atoms with van der Waals surface area (Å²) >= 11 is 0. The zero-order valence-corrected chi connectivity index (χ0v) is 19.0. The third-order valence-corrected chi connectivity index (χ3v) is 4.73. The van der Waals surface area contributed by atoms with E-state index in [9.17, 15) is 4.79 Å². The number of unbranched alkanes of at least 4 members (excludes halogenated alkanes) is 11. The van der Waals surface area contributed by atoms with E-state index < -0.39 is 12.2 Å². The van der Waals surface area contributed by atoms with Gasteiger partial charge in [-0.1, -0.05) is 90.9 Å². The minimum atomic E-state index is -0.952. The van der Waals surface area contributed by atoms with Crippen LogP contribution in [0.4, 0.5) is 0 Å². The molecule has 0 saturated carbocycles. The molecule has 2 unspecified atom stereocenters. The zero-order chi connectivity index (χ0) is 22.2. The maximum absolute atomic E-state index is 11.3. The number of hydrogen-bond donors (Lipinski definition) is 4. The van der Waals surface area contributed by atoms with Crippen molar-refractivity contribution in [2.45, 2.75) is 122 Å². The maximum atomic E-state index is 11.3. The molecule has 0 aliphatic heterocycles. The fraction of sp³-hybridized carbons (Fsp3) is 0.957. The molecule has 0 aromatic heterocycles. The summed E-state index contributed by atoms with van der Waals surface area (Å²) in [6, 6.07) is 0. The molecule has 0 rings (SSSR count). The average molecular weight is 421 g/mol. The van der Waals surface area contributed by atoms with Crippen LogP contribution in [-0.2, 0) is 9.53 Å². The van der Waals surface area contributed by atoms with Crippen LogP contribution in [0.15, 0.2) is 0 Å². The molecule has 29 heavy (non-hydrogen) atoms. The highest BCUT2D eigenvalue weighted by Gasteiger charge is 2.07. The van der Waals surface area contributed by atoms with Gasteiger partial charge in [0.1, 0.15) is 12.7 Å². The van der Waals surface area contributed by atoms with Crippen molar-refractivity contribution in [3.8, 4) is 0 Å². The Morgan fingerprint density at radius 2 is 1.14 bits per heavy atom. The first kappa shape index (κ1) is 30.5. The molecule has 2 atom stereocenters. The number of hydrogen-bond acceptors (Lipinski definition) is 6. The number of aliphatic hydroxyl groups excluding tert-OH is 4. The van der Waals surface area contributed by atoms with Gasteiger partial charge < -0.3 is 25.2 Å². The molecule has 0 aromatic carbocycles. The van der Waals surface area contributed by atoms with Gasteiger partial charge in [0.05, 0.1) is 19.3 Å². The van der Waals surface area contributed by atoms with Crippen LogP contribution in [0, 0.1) is 0 Å². The predicted molar refractivity (Wildman–Crippen MR) is 118 cm³/mol. The summed E-state index contributed by atoms with van der Waals surface area (Å²) in [6.45, 7) is 3.81. The van der Waals surface area contributed by atoms with E-state index in [0.717, 1.165) is 25.7 Å². The van der Waals surface area contributed by atoms with Gasteiger partial charge in [-0.3, -0.25) is 4.79 Å². The fourth-order valence-electron chi connectivity index (χ4n) is 2.79. The highest BCUT2D eigenvalue weighted by molar-refractivity contribution is 5.69. The number of carbonyl (C=O) groups excluding carboxylic acids is 1. The Hall–Kier alpha value is -0.690. The second-order valence-electron chi connectivity index (χ2n) is 7.78. The Morgan fingerprint density at radius 3 is 1.62 bits per heavy atom. The molecule has 0 amide bonds. The van der Waals surface area contributed by atoms with Crippen molar-refractivity contribution in [3.05, 3.63) is 0 Å². The van der Waals surface area contributed by atoms with Crippen molar-refractivity contribution in [1.82, 2.24) is 0 Å². The van der Waals surface area contributed by atoms with Gasteiger partial charge >= 0.3 is 5.97 Å². The van der Waals surface area contributed by atoms with E-state index in [4.69, 9.17) is 25.2 Å². The summed E-state index contributed by atoms with van der Waals surface area (Å²) in [5, 5.41) is 34.9. The second kappa shape index (κ2) is 25.3. The number of rotatable bonds is 19. The van der Waals surface area contributed by atoms with Crippen molar-refractivity contribution < 1.29 is 30.0 Å². The lowest BCUT2D eigenvalue weighted by Gasteiger charge is -2.08. The third-order valence-electron chi connectivity index (χ3n) is 4.73. The maximum Gasteiger partial charge on any atom is 0.305 e. The Morgan fingerprint density at radius 1 is 0.690 bits per heavy atom. The van der Waals surface area contributed by atoms with Gasteiger partial charge in [0, 0.05) is 6.42 Å². The van der Waals surface area contributed by atoms with E-state index in [0.29, 0.717) is 6.42 Å². The lowest BCUT2D eigenvalue weighted by Crippen LogP contribution is -2.21. The van der Waals surface area contributed by atoms with Crippen LogP contribution in [0.5, 0.6) is 0 Å². The van der Waals surface area contributed by atoms with Crippen LogP contribution in [0.1, 0.15) is 110 Å². The largest absolute Gasteiger partial charge is 0.463 e. The molecule has 0 spiro atoms. The lowest BCUT2D eigenvalue weighted by molar-refractivity contribution is -0.147. The first-order chi connectivity index (χ1) is 14.0. The van der Waals surface area contributed by atoms with E-state index in [1.807, 2.05) is 0 Å². The number of aliphatic hydroxyl groups is 4. The topological polar surface area (TPSA) is 107 Å². The molecule has 0 radical (unpaired) electrons. The summed E-state index contributed by atoms with van der Waals surface area (Å²) < 4.78 is 4.82. The molecule has 6 nitrogen and oxygen atoms in total. The van der Waals surface area contributed by atoms with Gasteiger partial charge in [0.15, 0.2) is 0 Å². The Balaban J connectivity index is 0. The Labute approximate surface area is 178 Å². The van der Waals surface area contributed by atoms with E-state index >= 15 is 0 Å². The average Bonchev–Trinajstić information content (AvgIpc) is 2.74. The number of ether oxygens (including phenoxy) is 1. The normalized spacial score (nSPS) is 12.8. The fourth-order valence-corrected chi connectivity index (χ4v) is 2.79. The molecule has 6 heteroatoms.